The predicted octanol–water partition coefficient (Wildman–Crippen LogP) is 4.02. The number of rotatable bonds is 1. The zero-order valence-electron chi connectivity index (χ0n) is 11.2. The van der Waals surface area contributed by atoms with Crippen molar-refractivity contribution < 1.29 is 0 Å². The Morgan fingerprint density at radius 2 is 2.17 bits per heavy atom. The Kier molecular flexibility index (Phi) is 3.54. The SMILES string of the molecule is Cc1ccc(Cl)cc1N1CCC(C#N)C(C)(C)C1. The second-order valence-corrected chi connectivity index (χ2v) is 6.25. The van der Waals surface area contributed by atoms with Gasteiger partial charge in [-0.2, -0.15) is 5.26 Å². The molecule has 2 rings (SSSR count). The topological polar surface area (TPSA) is 27.0 Å². The van der Waals surface area contributed by atoms with Crippen molar-refractivity contribution in [2.75, 3.05) is 18.0 Å². The van der Waals surface area contributed by atoms with E-state index in [9.17, 15) is 5.26 Å². The number of nitrogens with zero attached hydrogens (tertiary/aromatic N) is 2. The highest BCUT2D eigenvalue weighted by Gasteiger charge is 2.36. The van der Waals surface area contributed by atoms with E-state index in [0.29, 0.717) is 0 Å². The van der Waals surface area contributed by atoms with E-state index in [-0.39, 0.29) is 11.3 Å². The molecule has 0 aliphatic carbocycles. The van der Waals surface area contributed by atoms with Gasteiger partial charge in [-0.05, 0) is 36.5 Å². The summed E-state index contributed by atoms with van der Waals surface area (Å²) in [6.45, 7) is 8.30. The Balaban J connectivity index is 2.27. The van der Waals surface area contributed by atoms with E-state index in [2.05, 4.69) is 37.8 Å². The highest BCUT2D eigenvalue weighted by Crippen LogP contribution is 2.37. The van der Waals surface area contributed by atoms with E-state index in [1.807, 2.05) is 12.1 Å². The fourth-order valence-electron chi connectivity index (χ4n) is 2.72. The second-order valence-electron chi connectivity index (χ2n) is 5.81. The normalized spacial score (nSPS) is 22.6. The van der Waals surface area contributed by atoms with Crippen LogP contribution in [0.15, 0.2) is 18.2 Å². The number of anilines is 1. The van der Waals surface area contributed by atoms with Crippen LogP contribution in [-0.2, 0) is 0 Å². The molecule has 0 aromatic heterocycles. The minimum absolute atomic E-state index is 0.0295. The smallest absolute Gasteiger partial charge is 0.0662 e. The molecule has 1 heterocycles. The van der Waals surface area contributed by atoms with Gasteiger partial charge in [0.15, 0.2) is 0 Å². The molecule has 1 aromatic carbocycles. The number of halogens is 1. The Morgan fingerprint density at radius 1 is 1.44 bits per heavy atom. The summed E-state index contributed by atoms with van der Waals surface area (Å²) in [4.78, 5) is 2.36. The van der Waals surface area contributed by atoms with E-state index >= 15 is 0 Å². The Hall–Kier alpha value is -1.20. The third-order valence-electron chi connectivity index (χ3n) is 3.90. The molecule has 0 saturated carbocycles. The van der Waals surface area contributed by atoms with Gasteiger partial charge < -0.3 is 4.90 Å². The van der Waals surface area contributed by atoms with E-state index in [4.69, 9.17) is 11.6 Å². The first-order valence-corrected chi connectivity index (χ1v) is 6.72. The molecule has 0 radical (unpaired) electrons. The minimum atomic E-state index is 0.0295. The van der Waals surface area contributed by atoms with Crippen LogP contribution < -0.4 is 4.90 Å². The van der Waals surface area contributed by atoms with Crippen LogP contribution in [0.3, 0.4) is 0 Å². The van der Waals surface area contributed by atoms with Crippen LogP contribution in [0.25, 0.3) is 0 Å². The van der Waals surface area contributed by atoms with Crippen molar-refractivity contribution in [2.24, 2.45) is 11.3 Å². The van der Waals surface area contributed by atoms with E-state index in [0.717, 1.165) is 24.5 Å². The number of hydrogen-bond acceptors (Lipinski definition) is 2. The van der Waals surface area contributed by atoms with Crippen molar-refractivity contribution in [1.29, 1.82) is 5.26 Å². The first-order valence-electron chi connectivity index (χ1n) is 6.35. The fraction of sp³-hybridized carbons (Fsp3) is 0.533. The molecule has 1 aliphatic heterocycles. The van der Waals surface area contributed by atoms with Crippen LogP contribution in [0, 0.1) is 29.6 Å². The van der Waals surface area contributed by atoms with Crippen molar-refractivity contribution in [3.8, 4) is 6.07 Å². The Bertz CT molecular complexity index is 488. The van der Waals surface area contributed by atoms with Gasteiger partial charge in [0.2, 0.25) is 0 Å². The quantitative estimate of drug-likeness (QED) is 0.764. The average molecular weight is 263 g/mol. The van der Waals surface area contributed by atoms with Gasteiger partial charge in [-0.1, -0.05) is 31.5 Å². The highest BCUT2D eigenvalue weighted by atomic mass is 35.5. The van der Waals surface area contributed by atoms with E-state index in [1.54, 1.807) is 0 Å². The zero-order valence-corrected chi connectivity index (χ0v) is 12.0. The van der Waals surface area contributed by atoms with Crippen molar-refractivity contribution in [3.05, 3.63) is 28.8 Å². The third kappa shape index (κ3) is 2.47. The monoisotopic (exact) mass is 262 g/mol. The summed E-state index contributed by atoms with van der Waals surface area (Å²) >= 11 is 6.08. The average Bonchev–Trinajstić information content (AvgIpc) is 2.31. The summed E-state index contributed by atoms with van der Waals surface area (Å²) < 4.78 is 0. The van der Waals surface area contributed by atoms with Crippen LogP contribution in [0.1, 0.15) is 25.8 Å². The lowest BCUT2D eigenvalue weighted by Crippen LogP contribution is -2.45. The lowest BCUT2D eigenvalue weighted by molar-refractivity contribution is 0.226. The van der Waals surface area contributed by atoms with Gasteiger partial charge in [-0.3, -0.25) is 0 Å². The molecule has 1 saturated heterocycles. The standard InChI is InChI=1S/C15H19ClN2/c1-11-4-5-13(16)8-14(11)18-7-6-12(9-17)15(2,3)10-18/h4-5,8,12H,6-7,10H2,1-3H3. The lowest BCUT2D eigenvalue weighted by Gasteiger charge is -2.43. The van der Waals surface area contributed by atoms with Crippen molar-refractivity contribution in [1.82, 2.24) is 0 Å². The molecule has 1 aliphatic rings. The maximum Gasteiger partial charge on any atom is 0.0662 e. The first-order chi connectivity index (χ1) is 8.44. The molecular formula is C15H19ClN2. The summed E-state index contributed by atoms with van der Waals surface area (Å²) in [6.07, 6.45) is 0.926. The van der Waals surface area contributed by atoms with Gasteiger partial charge in [0.1, 0.15) is 0 Å². The largest absolute Gasteiger partial charge is 0.371 e. The summed E-state index contributed by atoms with van der Waals surface area (Å²) in [5.41, 5.74) is 2.47. The van der Waals surface area contributed by atoms with E-state index in [1.165, 1.54) is 11.3 Å². The third-order valence-corrected chi connectivity index (χ3v) is 4.13. The summed E-state index contributed by atoms with van der Waals surface area (Å²) in [7, 11) is 0. The second kappa shape index (κ2) is 4.82. The molecule has 18 heavy (non-hydrogen) atoms. The molecule has 0 bridgehead atoms. The van der Waals surface area contributed by atoms with Gasteiger partial charge >= 0.3 is 0 Å². The van der Waals surface area contributed by atoms with Crippen molar-refractivity contribution in [2.45, 2.75) is 27.2 Å². The number of hydrogen-bond donors (Lipinski definition) is 0. The van der Waals surface area contributed by atoms with Gasteiger partial charge in [-0.25, -0.2) is 0 Å². The number of benzene rings is 1. The summed E-state index contributed by atoms with van der Waals surface area (Å²) in [5.74, 6) is 0.147. The van der Waals surface area contributed by atoms with Crippen LogP contribution in [0.4, 0.5) is 5.69 Å². The number of nitriles is 1. The first kappa shape index (κ1) is 13.2. The molecule has 1 unspecified atom stereocenters. The molecule has 3 heteroatoms. The lowest BCUT2D eigenvalue weighted by atomic mass is 9.74. The summed E-state index contributed by atoms with van der Waals surface area (Å²) in [6, 6.07) is 8.45. The molecule has 2 nitrogen and oxygen atoms in total. The summed E-state index contributed by atoms with van der Waals surface area (Å²) in [5, 5.41) is 9.97. The van der Waals surface area contributed by atoms with Crippen LogP contribution in [-0.4, -0.2) is 13.1 Å². The Labute approximate surface area is 114 Å². The maximum absolute atomic E-state index is 9.19. The van der Waals surface area contributed by atoms with E-state index < -0.39 is 0 Å². The van der Waals surface area contributed by atoms with Crippen LogP contribution in [0.5, 0.6) is 0 Å². The molecule has 96 valence electrons. The molecule has 1 fully saturated rings. The molecule has 0 N–H and O–H groups in total. The zero-order chi connectivity index (χ0) is 13.3. The highest BCUT2D eigenvalue weighted by molar-refractivity contribution is 6.30. The predicted molar refractivity (Wildman–Crippen MR) is 75.9 cm³/mol. The molecule has 1 atom stereocenters. The number of aryl methyl sites for hydroxylation is 1. The van der Waals surface area contributed by atoms with Gasteiger partial charge in [0.05, 0.1) is 12.0 Å². The van der Waals surface area contributed by atoms with Gasteiger partial charge in [0, 0.05) is 23.8 Å². The fourth-order valence-corrected chi connectivity index (χ4v) is 2.89. The van der Waals surface area contributed by atoms with Crippen LogP contribution >= 0.6 is 11.6 Å². The molecule has 0 spiro atoms. The molecule has 1 aromatic rings. The molecular weight excluding hydrogens is 244 g/mol. The van der Waals surface area contributed by atoms with Crippen molar-refractivity contribution >= 4 is 17.3 Å². The van der Waals surface area contributed by atoms with Gasteiger partial charge in [0.25, 0.3) is 0 Å². The van der Waals surface area contributed by atoms with Crippen molar-refractivity contribution in [3.63, 3.8) is 0 Å². The Morgan fingerprint density at radius 3 is 2.78 bits per heavy atom. The molecule has 0 amide bonds. The maximum atomic E-state index is 9.19. The van der Waals surface area contributed by atoms with Crippen LogP contribution in [0.2, 0.25) is 5.02 Å². The minimum Gasteiger partial charge on any atom is -0.371 e. The van der Waals surface area contributed by atoms with Gasteiger partial charge in [-0.15, -0.1) is 0 Å². The number of piperidine rings is 1.